The molecule has 1 aromatic heterocycles. The fraction of sp³-hybridized carbons (Fsp3) is 0.200. The van der Waals surface area contributed by atoms with Gasteiger partial charge in [0.25, 0.3) is 0 Å². The lowest BCUT2D eigenvalue weighted by molar-refractivity contribution is -0.147. The van der Waals surface area contributed by atoms with Crippen LogP contribution in [0.25, 0.3) is 10.9 Å². The molecule has 9 heteroatoms. The van der Waals surface area contributed by atoms with E-state index in [1.807, 2.05) is 12.1 Å². The number of aliphatic imine (C=N–C) groups is 1. The van der Waals surface area contributed by atoms with Crippen molar-refractivity contribution in [2.45, 2.75) is 12.1 Å². The van der Waals surface area contributed by atoms with E-state index in [4.69, 9.17) is 4.74 Å². The van der Waals surface area contributed by atoms with E-state index in [1.165, 1.54) is 37.6 Å². The van der Waals surface area contributed by atoms with Crippen molar-refractivity contribution in [2.75, 3.05) is 7.11 Å². The van der Waals surface area contributed by atoms with Crippen molar-refractivity contribution in [1.29, 1.82) is 0 Å². The van der Waals surface area contributed by atoms with Crippen LogP contribution in [0, 0.1) is 11.7 Å². The average molecular weight is 395 g/mol. The number of amides is 2. The molecule has 2 aromatic carbocycles. The van der Waals surface area contributed by atoms with Gasteiger partial charge in [0, 0.05) is 11.6 Å². The fourth-order valence-corrected chi connectivity index (χ4v) is 3.41. The van der Waals surface area contributed by atoms with Gasteiger partial charge in [0.1, 0.15) is 11.7 Å². The van der Waals surface area contributed by atoms with Crippen molar-refractivity contribution in [3.8, 4) is 0 Å². The third-order valence-electron chi connectivity index (χ3n) is 4.84. The van der Waals surface area contributed by atoms with Gasteiger partial charge in [-0.2, -0.15) is 5.10 Å². The highest BCUT2D eigenvalue weighted by Gasteiger charge is 2.42. The van der Waals surface area contributed by atoms with E-state index in [1.54, 1.807) is 12.3 Å². The Morgan fingerprint density at radius 3 is 2.76 bits per heavy atom. The molecule has 8 nitrogen and oxygen atoms in total. The highest BCUT2D eigenvalue weighted by Crippen LogP contribution is 2.29. The van der Waals surface area contributed by atoms with E-state index in [2.05, 4.69) is 25.8 Å². The highest BCUT2D eigenvalue weighted by atomic mass is 19.1. The van der Waals surface area contributed by atoms with E-state index in [9.17, 15) is 14.0 Å². The van der Waals surface area contributed by atoms with Crippen LogP contribution in [0.5, 0.6) is 0 Å². The van der Waals surface area contributed by atoms with Gasteiger partial charge in [-0.25, -0.2) is 9.18 Å². The van der Waals surface area contributed by atoms with Crippen LogP contribution in [0.4, 0.5) is 14.9 Å². The minimum atomic E-state index is -0.787. The molecule has 0 aliphatic carbocycles. The number of H-pyrrole nitrogens is 1. The number of ether oxygens (including phenoxy) is 1. The van der Waals surface area contributed by atoms with Crippen LogP contribution in [0.15, 0.2) is 53.7 Å². The molecule has 4 rings (SSSR count). The van der Waals surface area contributed by atoms with Crippen LogP contribution in [0.3, 0.4) is 0 Å². The zero-order chi connectivity index (χ0) is 20.4. The molecule has 3 aromatic rings. The van der Waals surface area contributed by atoms with Crippen LogP contribution in [-0.4, -0.2) is 41.6 Å². The van der Waals surface area contributed by atoms with Crippen molar-refractivity contribution in [2.24, 2.45) is 10.9 Å². The number of hydrogen-bond acceptors (Lipinski definition) is 5. The molecule has 1 fully saturated rings. The number of halogens is 1. The summed E-state index contributed by atoms with van der Waals surface area (Å²) >= 11 is 0. The summed E-state index contributed by atoms with van der Waals surface area (Å²) in [7, 11) is 1.28. The van der Waals surface area contributed by atoms with Crippen LogP contribution < -0.4 is 10.6 Å². The first kappa shape index (κ1) is 18.6. The second-order valence-electron chi connectivity index (χ2n) is 6.64. The molecule has 1 aliphatic rings. The van der Waals surface area contributed by atoms with Crippen LogP contribution in [-0.2, 0) is 9.53 Å². The van der Waals surface area contributed by atoms with Crippen molar-refractivity contribution >= 4 is 34.8 Å². The monoisotopic (exact) mass is 395 g/mol. The number of carbonyl (C=O) groups is 2. The largest absolute Gasteiger partial charge is 0.469 e. The summed E-state index contributed by atoms with van der Waals surface area (Å²) in [5, 5.41) is 13.1. The number of aromatic nitrogens is 2. The number of rotatable bonds is 4. The normalized spacial score (nSPS) is 21.7. The number of hydrogen-bond donors (Lipinski definition) is 3. The second-order valence-corrected chi connectivity index (χ2v) is 6.64. The number of esters is 1. The number of carbonyl (C=O) groups excluding carboxylic acids is 2. The lowest BCUT2D eigenvalue weighted by Crippen LogP contribution is -2.59. The van der Waals surface area contributed by atoms with E-state index >= 15 is 0 Å². The summed E-state index contributed by atoms with van der Waals surface area (Å²) in [6, 6.07) is 9.23. The third-order valence-corrected chi connectivity index (χ3v) is 4.84. The van der Waals surface area contributed by atoms with Crippen LogP contribution in [0.2, 0.25) is 0 Å². The van der Waals surface area contributed by atoms with Crippen molar-refractivity contribution < 1.29 is 18.7 Å². The van der Waals surface area contributed by atoms with Gasteiger partial charge >= 0.3 is 12.0 Å². The molecule has 0 bridgehead atoms. The van der Waals surface area contributed by atoms with Gasteiger partial charge in [0.05, 0.1) is 36.6 Å². The molecule has 0 spiro atoms. The maximum Gasteiger partial charge on any atom is 0.315 e. The smallest absolute Gasteiger partial charge is 0.315 e. The summed E-state index contributed by atoms with van der Waals surface area (Å²) in [4.78, 5) is 29.2. The first-order chi connectivity index (χ1) is 14.0. The fourth-order valence-electron chi connectivity index (χ4n) is 3.41. The molecule has 0 saturated carbocycles. The van der Waals surface area contributed by atoms with E-state index in [0.717, 1.165) is 10.9 Å². The highest BCUT2D eigenvalue weighted by molar-refractivity contribution is 5.90. The van der Waals surface area contributed by atoms with E-state index in [-0.39, 0.29) is 0 Å². The zero-order valence-corrected chi connectivity index (χ0v) is 15.4. The van der Waals surface area contributed by atoms with Crippen molar-refractivity contribution in [3.63, 3.8) is 0 Å². The SMILES string of the molecule is COC(=O)C1C(C=Nc2ccc3[nH]ncc3c2)NC(=O)NC1c1ccc(F)cc1. The Labute approximate surface area is 165 Å². The molecule has 0 radical (unpaired) electrons. The predicted octanol–water partition coefficient (Wildman–Crippen LogP) is 2.62. The minimum absolute atomic E-state index is 0.406. The third kappa shape index (κ3) is 3.79. The van der Waals surface area contributed by atoms with Crippen molar-refractivity contribution in [1.82, 2.24) is 20.8 Å². The Morgan fingerprint density at radius 1 is 1.21 bits per heavy atom. The van der Waals surface area contributed by atoms with E-state index < -0.39 is 35.8 Å². The Kier molecular flexibility index (Phi) is 4.94. The topological polar surface area (TPSA) is 108 Å². The Balaban J connectivity index is 1.66. The number of fused-ring (bicyclic) bond motifs is 1. The standard InChI is InChI=1S/C20H18FN5O3/c1-29-19(27)17-16(10-22-14-6-7-15-12(8-14)9-23-26-15)24-20(28)25-18(17)11-2-4-13(21)5-3-11/h2-10,16-18H,1H3,(H,23,26)(H2,24,25,28). The lowest BCUT2D eigenvalue weighted by Gasteiger charge is -2.36. The summed E-state index contributed by atoms with van der Waals surface area (Å²) in [6.45, 7) is 0. The lowest BCUT2D eigenvalue weighted by atomic mass is 9.85. The van der Waals surface area contributed by atoms with Crippen molar-refractivity contribution in [3.05, 3.63) is 60.0 Å². The molecular weight excluding hydrogens is 377 g/mol. The predicted molar refractivity (Wildman–Crippen MR) is 104 cm³/mol. The summed E-state index contributed by atoms with van der Waals surface area (Å²) in [5.74, 6) is -1.71. The maximum atomic E-state index is 13.3. The number of aromatic amines is 1. The maximum absolute atomic E-state index is 13.3. The molecule has 29 heavy (non-hydrogen) atoms. The number of nitrogens with zero attached hydrogens (tertiary/aromatic N) is 2. The number of nitrogens with one attached hydrogen (secondary N) is 3. The van der Waals surface area contributed by atoms with Gasteiger partial charge in [-0.05, 0) is 35.9 Å². The summed E-state index contributed by atoms with van der Waals surface area (Å²) in [5.41, 5.74) is 2.12. The quantitative estimate of drug-likeness (QED) is 0.466. The molecule has 1 aliphatic heterocycles. The van der Waals surface area contributed by atoms with Gasteiger partial charge in [-0.3, -0.25) is 14.9 Å². The minimum Gasteiger partial charge on any atom is -0.469 e. The molecule has 3 N–H and O–H groups in total. The van der Waals surface area contributed by atoms with Crippen LogP contribution in [0.1, 0.15) is 11.6 Å². The molecule has 3 unspecified atom stereocenters. The average Bonchev–Trinajstić information content (AvgIpc) is 3.19. The van der Waals surface area contributed by atoms with Gasteiger partial charge < -0.3 is 15.4 Å². The zero-order valence-electron chi connectivity index (χ0n) is 15.4. The molecule has 148 valence electrons. The Bertz CT molecular complexity index is 1080. The molecule has 1 saturated heterocycles. The van der Waals surface area contributed by atoms with Gasteiger partial charge in [-0.15, -0.1) is 0 Å². The van der Waals surface area contributed by atoms with Crippen LogP contribution >= 0.6 is 0 Å². The number of benzene rings is 2. The first-order valence-electron chi connectivity index (χ1n) is 8.93. The first-order valence-corrected chi connectivity index (χ1v) is 8.93. The summed E-state index contributed by atoms with van der Waals surface area (Å²) < 4.78 is 18.3. The Hall–Kier alpha value is -3.75. The molecule has 2 amide bonds. The summed E-state index contributed by atoms with van der Waals surface area (Å²) in [6.07, 6.45) is 3.20. The second kappa shape index (κ2) is 7.70. The Morgan fingerprint density at radius 2 is 2.00 bits per heavy atom. The number of methoxy groups -OCH3 is 1. The molecule has 3 atom stereocenters. The van der Waals surface area contributed by atoms with Gasteiger partial charge in [-0.1, -0.05) is 12.1 Å². The van der Waals surface area contributed by atoms with E-state index in [0.29, 0.717) is 11.3 Å². The molecular formula is C20H18FN5O3. The number of urea groups is 1. The van der Waals surface area contributed by atoms with Gasteiger partial charge in [0.15, 0.2) is 0 Å². The molecule has 2 heterocycles. The van der Waals surface area contributed by atoms with Gasteiger partial charge in [0.2, 0.25) is 0 Å².